The fraction of sp³-hybridized carbons (Fsp3) is 0.143. The molecule has 0 aliphatic carbocycles. The number of halogens is 1. The summed E-state index contributed by atoms with van der Waals surface area (Å²) in [5, 5.41) is 12.5. The summed E-state index contributed by atoms with van der Waals surface area (Å²) < 4.78 is 13.1. The molecule has 3 heteroatoms. The monoisotopic (exact) mass is 231 g/mol. The number of hydrogen-bond donors (Lipinski definition) is 2. The van der Waals surface area contributed by atoms with E-state index >= 15 is 0 Å². The maximum Gasteiger partial charge on any atom is 0.123 e. The number of rotatable bonds is 4. The first-order valence-electron chi connectivity index (χ1n) is 5.47. The molecular weight excluding hydrogens is 217 g/mol. The summed E-state index contributed by atoms with van der Waals surface area (Å²) in [6.45, 7) is -0.0850. The van der Waals surface area contributed by atoms with E-state index in [0.29, 0.717) is 0 Å². The van der Waals surface area contributed by atoms with Gasteiger partial charge in [-0.1, -0.05) is 30.3 Å². The molecule has 2 rings (SSSR count). The number of benzene rings is 2. The molecule has 1 atom stereocenters. The van der Waals surface area contributed by atoms with Gasteiger partial charge in [0.2, 0.25) is 0 Å². The summed E-state index contributed by atoms with van der Waals surface area (Å²) >= 11 is 0. The second-order valence-corrected chi connectivity index (χ2v) is 3.80. The Morgan fingerprint density at radius 2 is 1.82 bits per heavy atom. The Labute approximate surface area is 99.7 Å². The molecule has 88 valence electrons. The maximum absolute atomic E-state index is 13.1. The highest BCUT2D eigenvalue weighted by Crippen LogP contribution is 2.19. The molecule has 0 aromatic heterocycles. The zero-order valence-electron chi connectivity index (χ0n) is 9.31. The van der Waals surface area contributed by atoms with Crippen molar-refractivity contribution < 1.29 is 9.50 Å². The topological polar surface area (TPSA) is 32.3 Å². The first-order chi connectivity index (χ1) is 8.29. The van der Waals surface area contributed by atoms with Gasteiger partial charge in [-0.25, -0.2) is 4.39 Å². The Morgan fingerprint density at radius 1 is 1.06 bits per heavy atom. The van der Waals surface area contributed by atoms with Crippen LogP contribution in [0.2, 0.25) is 0 Å². The van der Waals surface area contributed by atoms with E-state index in [1.165, 1.54) is 12.1 Å². The van der Waals surface area contributed by atoms with Crippen LogP contribution in [0.25, 0.3) is 0 Å². The van der Waals surface area contributed by atoms with E-state index in [4.69, 9.17) is 0 Å². The molecule has 0 amide bonds. The van der Waals surface area contributed by atoms with Crippen molar-refractivity contribution in [3.8, 4) is 0 Å². The summed E-state index contributed by atoms with van der Waals surface area (Å²) in [6.07, 6.45) is 0. The lowest BCUT2D eigenvalue weighted by atomic mass is 10.1. The van der Waals surface area contributed by atoms with Crippen molar-refractivity contribution in [2.24, 2.45) is 0 Å². The third kappa shape index (κ3) is 3.04. The van der Waals surface area contributed by atoms with Gasteiger partial charge in [-0.2, -0.15) is 0 Å². The van der Waals surface area contributed by atoms with Crippen molar-refractivity contribution in [1.82, 2.24) is 0 Å². The molecule has 0 aliphatic rings. The SMILES string of the molecule is OCC(Nc1ccccc1)c1cccc(F)c1. The minimum atomic E-state index is -0.298. The van der Waals surface area contributed by atoms with Crippen LogP contribution >= 0.6 is 0 Å². The Kier molecular flexibility index (Phi) is 3.73. The molecule has 0 saturated carbocycles. The van der Waals surface area contributed by atoms with Crippen molar-refractivity contribution in [3.63, 3.8) is 0 Å². The Hall–Kier alpha value is -1.87. The second-order valence-electron chi connectivity index (χ2n) is 3.80. The van der Waals surface area contributed by atoms with Gasteiger partial charge < -0.3 is 10.4 Å². The van der Waals surface area contributed by atoms with Crippen LogP contribution in [0.5, 0.6) is 0 Å². The van der Waals surface area contributed by atoms with E-state index in [2.05, 4.69) is 5.32 Å². The standard InChI is InChI=1S/C14H14FNO/c15-12-6-4-5-11(9-12)14(10-17)16-13-7-2-1-3-8-13/h1-9,14,16-17H,10H2. The van der Waals surface area contributed by atoms with Crippen LogP contribution in [-0.4, -0.2) is 11.7 Å². The van der Waals surface area contributed by atoms with Gasteiger partial charge in [0, 0.05) is 5.69 Å². The molecule has 0 fully saturated rings. The molecule has 2 N–H and O–H groups in total. The first-order valence-corrected chi connectivity index (χ1v) is 5.47. The zero-order valence-corrected chi connectivity index (χ0v) is 9.31. The van der Waals surface area contributed by atoms with Crippen molar-refractivity contribution in [1.29, 1.82) is 0 Å². The van der Waals surface area contributed by atoms with E-state index in [1.807, 2.05) is 30.3 Å². The van der Waals surface area contributed by atoms with Crippen LogP contribution < -0.4 is 5.32 Å². The van der Waals surface area contributed by atoms with Crippen LogP contribution in [0.4, 0.5) is 10.1 Å². The van der Waals surface area contributed by atoms with Gasteiger partial charge in [0.15, 0.2) is 0 Å². The lowest BCUT2D eigenvalue weighted by Crippen LogP contribution is -2.14. The molecule has 0 aliphatic heterocycles. The van der Waals surface area contributed by atoms with E-state index < -0.39 is 0 Å². The average Bonchev–Trinajstić information content (AvgIpc) is 2.37. The van der Waals surface area contributed by atoms with Crippen LogP contribution in [0.1, 0.15) is 11.6 Å². The lowest BCUT2D eigenvalue weighted by Gasteiger charge is -2.18. The number of para-hydroxylation sites is 1. The number of aliphatic hydroxyl groups excluding tert-OH is 1. The molecule has 1 unspecified atom stereocenters. The molecule has 0 heterocycles. The molecule has 0 bridgehead atoms. The van der Waals surface area contributed by atoms with Crippen LogP contribution in [0.15, 0.2) is 54.6 Å². The maximum atomic E-state index is 13.1. The van der Waals surface area contributed by atoms with Gasteiger partial charge in [0.1, 0.15) is 5.82 Å². The summed E-state index contributed by atoms with van der Waals surface area (Å²) in [4.78, 5) is 0. The summed E-state index contributed by atoms with van der Waals surface area (Å²) in [6, 6.07) is 15.5. The Balaban J connectivity index is 2.17. The highest BCUT2D eigenvalue weighted by molar-refractivity contribution is 5.45. The minimum Gasteiger partial charge on any atom is -0.394 e. The quantitative estimate of drug-likeness (QED) is 0.847. The normalized spacial score (nSPS) is 12.1. The molecule has 2 aromatic rings. The van der Waals surface area contributed by atoms with Crippen LogP contribution in [0.3, 0.4) is 0 Å². The van der Waals surface area contributed by atoms with Gasteiger partial charge in [-0.15, -0.1) is 0 Å². The van der Waals surface area contributed by atoms with Crippen molar-refractivity contribution in [2.45, 2.75) is 6.04 Å². The summed E-state index contributed by atoms with van der Waals surface area (Å²) in [5.74, 6) is -0.296. The van der Waals surface area contributed by atoms with E-state index in [-0.39, 0.29) is 18.5 Å². The Bertz CT molecular complexity index is 473. The van der Waals surface area contributed by atoms with Gasteiger partial charge in [0.05, 0.1) is 12.6 Å². The second kappa shape index (κ2) is 5.46. The van der Waals surface area contributed by atoms with Crippen molar-refractivity contribution in [3.05, 3.63) is 66.0 Å². The predicted molar refractivity (Wildman–Crippen MR) is 66.3 cm³/mol. The molecule has 2 aromatic carbocycles. The summed E-state index contributed by atoms with van der Waals surface area (Å²) in [5.41, 5.74) is 1.63. The lowest BCUT2D eigenvalue weighted by molar-refractivity contribution is 0.276. The van der Waals surface area contributed by atoms with E-state index in [0.717, 1.165) is 11.3 Å². The van der Waals surface area contributed by atoms with Gasteiger partial charge in [0.25, 0.3) is 0 Å². The van der Waals surface area contributed by atoms with E-state index in [9.17, 15) is 9.50 Å². The molecule has 2 nitrogen and oxygen atoms in total. The van der Waals surface area contributed by atoms with E-state index in [1.54, 1.807) is 12.1 Å². The van der Waals surface area contributed by atoms with Gasteiger partial charge >= 0.3 is 0 Å². The minimum absolute atomic E-state index is 0.0850. The largest absolute Gasteiger partial charge is 0.394 e. The Morgan fingerprint density at radius 3 is 2.47 bits per heavy atom. The number of nitrogens with one attached hydrogen (secondary N) is 1. The third-order valence-corrected chi connectivity index (χ3v) is 2.55. The molecule has 17 heavy (non-hydrogen) atoms. The zero-order chi connectivity index (χ0) is 12.1. The van der Waals surface area contributed by atoms with Gasteiger partial charge in [-0.3, -0.25) is 0 Å². The predicted octanol–water partition coefficient (Wildman–Crippen LogP) is 2.97. The number of aliphatic hydroxyl groups is 1. The highest BCUT2D eigenvalue weighted by Gasteiger charge is 2.10. The van der Waals surface area contributed by atoms with Crippen LogP contribution in [0, 0.1) is 5.82 Å². The third-order valence-electron chi connectivity index (χ3n) is 2.55. The first kappa shape index (κ1) is 11.6. The smallest absolute Gasteiger partial charge is 0.123 e. The average molecular weight is 231 g/mol. The van der Waals surface area contributed by atoms with Crippen LogP contribution in [-0.2, 0) is 0 Å². The molecule has 0 radical (unpaired) electrons. The summed E-state index contributed by atoms with van der Waals surface area (Å²) in [7, 11) is 0. The fourth-order valence-electron chi connectivity index (χ4n) is 1.69. The van der Waals surface area contributed by atoms with Crippen molar-refractivity contribution in [2.75, 3.05) is 11.9 Å². The fourth-order valence-corrected chi connectivity index (χ4v) is 1.69. The highest BCUT2D eigenvalue weighted by atomic mass is 19.1. The van der Waals surface area contributed by atoms with Crippen molar-refractivity contribution >= 4 is 5.69 Å². The molecular formula is C14H14FNO. The molecule has 0 saturated heterocycles. The van der Waals surface area contributed by atoms with Gasteiger partial charge in [-0.05, 0) is 29.8 Å². The molecule has 0 spiro atoms. The number of hydrogen-bond acceptors (Lipinski definition) is 2. The number of anilines is 1.